The van der Waals surface area contributed by atoms with Crippen molar-refractivity contribution in [1.82, 2.24) is 4.98 Å². The Labute approximate surface area is 137 Å². The summed E-state index contributed by atoms with van der Waals surface area (Å²) >= 11 is 0.746. The number of rotatable bonds is 4. The van der Waals surface area contributed by atoms with Gasteiger partial charge in [0, 0.05) is 0 Å². The predicted octanol–water partition coefficient (Wildman–Crippen LogP) is 3.44. The highest BCUT2D eigenvalue weighted by molar-refractivity contribution is 7.17. The van der Waals surface area contributed by atoms with Crippen molar-refractivity contribution in [3.05, 3.63) is 45.5 Å². The first-order valence-electron chi connectivity index (χ1n) is 6.55. The molecule has 0 aliphatic heterocycles. The van der Waals surface area contributed by atoms with E-state index in [1.807, 2.05) is 0 Å². The Bertz CT molecular complexity index is 823. The molecule has 0 fully saturated rings. The number of nitrogens with zero attached hydrogens (tertiary/aromatic N) is 1. The number of benzene rings is 1. The summed E-state index contributed by atoms with van der Waals surface area (Å²) < 4.78 is 57.6. The van der Waals surface area contributed by atoms with E-state index in [0.717, 1.165) is 11.3 Å². The average Bonchev–Trinajstić information content (AvgIpc) is 2.89. The quantitative estimate of drug-likeness (QED) is 0.392. The maximum atomic E-state index is 13.6. The van der Waals surface area contributed by atoms with Gasteiger partial charge >= 0.3 is 5.97 Å². The van der Waals surface area contributed by atoms with Crippen LogP contribution in [0.15, 0.2) is 6.07 Å². The molecule has 0 atom stereocenters. The second-order valence-electron chi connectivity index (χ2n) is 4.46. The minimum Gasteiger partial charge on any atom is -0.462 e. The number of aromatic nitrogens is 1. The van der Waals surface area contributed by atoms with Crippen LogP contribution < -0.4 is 5.32 Å². The van der Waals surface area contributed by atoms with Gasteiger partial charge < -0.3 is 4.74 Å². The average molecular weight is 362 g/mol. The van der Waals surface area contributed by atoms with Gasteiger partial charge in [-0.3, -0.25) is 10.1 Å². The lowest BCUT2D eigenvalue weighted by Crippen LogP contribution is -2.16. The monoisotopic (exact) mass is 362 g/mol. The number of esters is 1. The van der Waals surface area contributed by atoms with Crippen LogP contribution in [0.2, 0.25) is 0 Å². The molecule has 1 amide bonds. The van der Waals surface area contributed by atoms with Gasteiger partial charge in [0.2, 0.25) is 0 Å². The van der Waals surface area contributed by atoms with Crippen molar-refractivity contribution in [3.63, 3.8) is 0 Å². The molecule has 0 aliphatic carbocycles. The number of anilines is 1. The second-order valence-corrected chi connectivity index (χ2v) is 5.46. The van der Waals surface area contributed by atoms with Gasteiger partial charge in [-0.2, -0.15) is 0 Å². The van der Waals surface area contributed by atoms with Crippen molar-refractivity contribution in [2.75, 3.05) is 11.9 Å². The zero-order valence-corrected chi connectivity index (χ0v) is 13.2. The van der Waals surface area contributed by atoms with E-state index in [2.05, 4.69) is 10.3 Å². The van der Waals surface area contributed by atoms with Gasteiger partial charge in [0.1, 0.15) is 4.88 Å². The highest BCUT2D eigenvalue weighted by Crippen LogP contribution is 2.25. The van der Waals surface area contributed by atoms with E-state index < -0.39 is 40.7 Å². The van der Waals surface area contributed by atoms with Crippen molar-refractivity contribution in [1.29, 1.82) is 0 Å². The molecular formula is C14H10F4N2O3S. The summed E-state index contributed by atoms with van der Waals surface area (Å²) in [5.74, 6) is -9.54. The molecule has 2 aromatic rings. The molecular weight excluding hydrogens is 352 g/mol. The molecule has 0 radical (unpaired) electrons. The third-order valence-electron chi connectivity index (χ3n) is 2.83. The summed E-state index contributed by atoms with van der Waals surface area (Å²) in [7, 11) is 0. The molecule has 24 heavy (non-hydrogen) atoms. The molecule has 128 valence electrons. The molecule has 0 unspecified atom stereocenters. The van der Waals surface area contributed by atoms with Gasteiger partial charge in [-0.05, 0) is 19.9 Å². The summed E-state index contributed by atoms with van der Waals surface area (Å²) in [6.07, 6.45) is 0. The van der Waals surface area contributed by atoms with Gasteiger partial charge in [-0.25, -0.2) is 27.3 Å². The molecule has 5 nitrogen and oxygen atoms in total. The molecule has 0 spiro atoms. The molecule has 0 saturated carbocycles. The number of hydrogen-bond acceptors (Lipinski definition) is 5. The number of amides is 1. The second kappa shape index (κ2) is 6.95. The summed E-state index contributed by atoms with van der Waals surface area (Å²) in [5, 5.41) is 1.99. The molecule has 0 saturated heterocycles. The van der Waals surface area contributed by atoms with Crippen LogP contribution in [0.1, 0.15) is 32.6 Å². The minimum absolute atomic E-state index is 0.106. The van der Waals surface area contributed by atoms with Crippen LogP contribution in [0.3, 0.4) is 0 Å². The highest BCUT2D eigenvalue weighted by atomic mass is 32.1. The number of nitrogens with one attached hydrogen (secondary N) is 1. The summed E-state index contributed by atoms with van der Waals surface area (Å²) in [5.41, 5.74) is -0.775. The molecule has 2 rings (SSSR count). The third-order valence-corrected chi connectivity index (χ3v) is 3.88. The van der Waals surface area contributed by atoms with E-state index in [0.29, 0.717) is 0 Å². The maximum absolute atomic E-state index is 13.6. The van der Waals surface area contributed by atoms with Crippen LogP contribution >= 0.6 is 11.3 Å². The predicted molar refractivity (Wildman–Crippen MR) is 77.0 cm³/mol. The minimum atomic E-state index is -2.09. The van der Waals surface area contributed by atoms with E-state index in [-0.39, 0.29) is 28.4 Å². The zero-order valence-electron chi connectivity index (χ0n) is 12.4. The van der Waals surface area contributed by atoms with Gasteiger partial charge in [0.05, 0.1) is 17.9 Å². The lowest BCUT2D eigenvalue weighted by Gasteiger charge is -2.05. The zero-order chi connectivity index (χ0) is 18.0. The molecule has 1 heterocycles. The number of carbonyl (C=O) groups is 2. The number of aryl methyl sites for hydroxylation is 1. The summed E-state index contributed by atoms with van der Waals surface area (Å²) in [6, 6.07) is 0.232. The van der Waals surface area contributed by atoms with Crippen molar-refractivity contribution in [3.8, 4) is 0 Å². The number of halogens is 4. The first-order valence-corrected chi connectivity index (χ1v) is 7.36. The fraction of sp³-hybridized carbons (Fsp3) is 0.214. The smallest absolute Gasteiger partial charge is 0.350 e. The summed E-state index contributed by atoms with van der Waals surface area (Å²) in [4.78, 5) is 27.5. The Kier molecular flexibility index (Phi) is 5.17. The van der Waals surface area contributed by atoms with Crippen molar-refractivity contribution in [2.45, 2.75) is 13.8 Å². The first kappa shape index (κ1) is 17.9. The topological polar surface area (TPSA) is 68.3 Å². The van der Waals surface area contributed by atoms with Gasteiger partial charge in [0.25, 0.3) is 5.91 Å². The number of thiazole rings is 1. The fourth-order valence-electron chi connectivity index (χ4n) is 1.74. The summed E-state index contributed by atoms with van der Waals surface area (Å²) in [6.45, 7) is 3.23. The standard InChI is InChI=1S/C14H10F4N2O3S/c1-3-23-13(22)11-5(2)19-14(24-11)20-12(21)6-4-7(15)9(17)10(18)8(6)16/h4H,3H2,1-2H3,(H,19,20,21). The van der Waals surface area contributed by atoms with Crippen molar-refractivity contribution in [2.24, 2.45) is 0 Å². The van der Waals surface area contributed by atoms with E-state index >= 15 is 0 Å². The largest absolute Gasteiger partial charge is 0.462 e. The molecule has 10 heteroatoms. The first-order chi connectivity index (χ1) is 11.3. The number of ether oxygens (including phenoxy) is 1. The van der Waals surface area contributed by atoms with E-state index in [1.165, 1.54) is 6.92 Å². The molecule has 1 N–H and O–H groups in total. The van der Waals surface area contributed by atoms with Crippen LogP contribution in [0, 0.1) is 30.2 Å². The van der Waals surface area contributed by atoms with Crippen LogP contribution in [-0.4, -0.2) is 23.5 Å². The fourth-order valence-corrected chi connectivity index (χ4v) is 2.59. The van der Waals surface area contributed by atoms with E-state index in [4.69, 9.17) is 4.74 Å². The molecule has 0 bridgehead atoms. The maximum Gasteiger partial charge on any atom is 0.350 e. The Hall–Kier alpha value is -2.49. The molecule has 0 aliphatic rings. The van der Waals surface area contributed by atoms with Crippen LogP contribution in [-0.2, 0) is 4.74 Å². The Morgan fingerprint density at radius 2 is 1.88 bits per heavy atom. The Morgan fingerprint density at radius 3 is 2.50 bits per heavy atom. The van der Waals surface area contributed by atoms with Crippen LogP contribution in [0.5, 0.6) is 0 Å². The van der Waals surface area contributed by atoms with Gasteiger partial charge in [-0.1, -0.05) is 11.3 Å². The Balaban J connectivity index is 2.28. The normalized spacial score (nSPS) is 10.6. The molecule has 1 aromatic heterocycles. The molecule has 1 aromatic carbocycles. The van der Waals surface area contributed by atoms with Crippen LogP contribution in [0.4, 0.5) is 22.7 Å². The lowest BCUT2D eigenvalue weighted by molar-refractivity contribution is 0.0531. The van der Waals surface area contributed by atoms with Crippen molar-refractivity contribution >= 4 is 28.3 Å². The SMILES string of the molecule is CCOC(=O)c1sc(NC(=O)c2cc(F)c(F)c(F)c2F)nc1C. The number of hydrogen-bond donors (Lipinski definition) is 1. The lowest BCUT2D eigenvalue weighted by atomic mass is 10.1. The van der Waals surface area contributed by atoms with Crippen LogP contribution in [0.25, 0.3) is 0 Å². The highest BCUT2D eigenvalue weighted by Gasteiger charge is 2.24. The van der Waals surface area contributed by atoms with E-state index in [1.54, 1.807) is 6.92 Å². The third kappa shape index (κ3) is 3.37. The number of carbonyl (C=O) groups excluding carboxylic acids is 2. The Morgan fingerprint density at radius 1 is 1.21 bits per heavy atom. The van der Waals surface area contributed by atoms with E-state index in [9.17, 15) is 27.2 Å². The van der Waals surface area contributed by atoms with Gasteiger partial charge in [0.15, 0.2) is 28.4 Å². The van der Waals surface area contributed by atoms with Crippen molar-refractivity contribution < 1.29 is 31.9 Å². The van der Waals surface area contributed by atoms with Gasteiger partial charge in [-0.15, -0.1) is 0 Å².